The largest absolute Gasteiger partial charge is 0.388 e. The molecule has 0 saturated heterocycles. The molecule has 2 unspecified atom stereocenters. The van der Waals surface area contributed by atoms with Crippen LogP contribution in [0.5, 0.6) is 0 Å². The fraction of sp³-hybridized carbons (Fsp3) is 0.294. The fourth-order valence-corrected chi connectivity index (χ4v) is 2.92. The second kappa shape index (κ2) is 7.48. The Morgan fingerprint density at radius 3 is 2.45 bits per heavy atom. The van der Waals surface area contributed by atoms with Gasteiger partial charge >= 0.3 is 0 Å². The molecule has 106 valence electrons. The van der Waals surface area contributed by atoms with Crippen LogP contribution in [0.4, 0.5) is 0 Å². The average Bonchev–Trinajstić information content (AvgIpc) is 2.53. The summed E-state index contributed by atoms with van der Waals surface area (Å²) in [6.07, 6.45) is -0.424. The van der Waals surface area contributed by atoms with E-state index in [0.29, 0.717) is 11.8 Å². The van der Waals surface area contributed by atoms with Gasteiger partial charge in [0.1, 0.15) is 0 Å². The van der Waals surface area contributed by atoms with E-state index in [-0.39, 0.29) is 0 Å². The molecular weight excluding hydrogens is 266 g/mol. The van der Waals surface area contributed by atoms with Crippen molar-refractivity contribution in [3.8, 4) is 0 Å². The normalized spacial score (nSPS) is 13.9. The van der Waals surface area contributed by atoms with Crippen molar-refractivity contribution in [2.75, 3.05) is 12.8 Å². The highest BCUT2D eigenvalue weighted by Gasteiger charge is 2.08. The zero-order chi connectivity index (χ0) is 14.4. The van der Waals surface area contributed by atoms with Crippen LogP contribution in [0.1, 0.15) is 30.2 Å². The molecule has 20 heavy (non-hydrogen) atoms. The zero-order valence-electron chi connectivity index (χ0n) is 11.9. The molecule has 0 fully saturated rings. The predicted octanol–water partition coefficient (Wildman–Crippen LogP) is 3.79. The third kappa shape index (κ3) is 4.10. The molecule has 2 aromatic carbocycles. The minimum Gasteiger partial charge on any atom is -0.388 e. The van der Waals surface area contributed by atoms with E-state index in [4.69, 9.17) is 0 Å². The number of aliphatic hydroxyl groups is 1. The van der Waals surface area contributed by atoms with E-state index in [2.05, 4.69) is 36.5 Å². The number of benzene rings is 2. The zero-order valence-corrected chi connectivity index (χ0v) is 12.7. The van der Waals surface area contributed by atoms with Gasteiger partial charge in [0.05, 0.1) is 6.10 Å². The number of thioether (sulfide) groups is 1. The van der Waals surface area contributed by atoms with E-state index in [0.717, 1.165) is 5.56 Å². The summed E-state index contributed by atoms with van der Waals surface area (Å²) in [6.45, 7) is 2.14. The minimum absolute atomic E-state index is 0.342. The smallest absolute Gasteiger partial charge is 0.0883 e. The molecule has 0 radical (unpaired) electrons. The molecule has 2 nitrogen and oxygen atoms in total. The number of aliphatic hydroxyl groups excluding tert-OH is 1. The SMILES string of the molecule is CNC(C)c1cccc(SCC(O)c2ccccc2)c1. The molecule has 2 aromatic rings. The molecule has 0 amide bonds. The van der Waals surface area contributed by atoms with Crippen molar-refractivity contribution in [1.82, 2.24) is 5.32 Å². The Hall–Kier alpha value is -1.29. The molecule has 2 rings (SSSR count). The van der Waals surface area contributed by atoms with Crippen molar-refractivity contribution in [2.45, 2.75) is 24.0 Å². The highest BCUT2D eigenvalue weighted by Crippen LogP contribution is 2.26. The van der Waals surface area contributed by atoms with E-state index < -0.39 is 6.10 Å². The maximum absolute atomic E-state index is 10.2. The van der Waals surface area contributed by atoms with Gasteiger partial charge in [-0.25, -0.2) is 0 Å². The van der Waals surface area contributed by atoms with Crippen LogP contribution in [0, 0.1) is 0 Å². The van der Waals surface area contributed by atoms with Crippen LogP contribution in [0.2, 0.25) is 0 Å². The maximum atomic E-state index is 10.2. The summed E-state index contributed by atoms with van der Waals surface area (Å²) in [5.41, 5.74) is 2.24. The number of hydrogen-bond donors (Lipinski definition) is 2. The second-order valence-corrected chi connectivity index (χ2v) is 5.91. The summed E-state index contributed by atoms with van der Waals surface area (Å²) in [5, 5.41) is 13.4. The Bertz CT molecular complexity index is 530. The van der Waals surface area contributed by atoms with E-state index in [1.165, 1.54) is 10.5 Å². The van der Waals surface area contributed by atoms with Gasteiger partial charge < -0.3 is 10.4 Å². The first-order valence-electron chi connectivity index (χ1n) is 6.83. The first-order chi connectivity index (χ1) is 9.70. The molecule has 0 aliphatic rings. The molecule has 0 aliphatic heterocycles. The second-order valence-electron chi connectivity index (χ2n) is 4.82. The van der Waals surface area contributed by atoms with Gasteiger partial charge in [-0.3, -0.25) is 0 Å². The van der Waals surface area contributed by atoms with Gasteiger partial charge in [-0.05, 0) is 37.2 Å². The monoisotopic (exact) mass is 287 g/mol. The molecule has 3 heteroatoms. The topological polar surface area (TPSA) is 32.3 Å². The summed E-state index contributed by atoms with van der Waals surface area (Å²) >= 11 is 1.69. The van der Waals surface area contributed by atoms with Gasteiger partial charge in [-0.1, -0.05) is 42.5 Å². The van der Waals surface area contributed by atoms with Crippen LogP contribution in [0.3, 0.4) is 0 Å². The van der Waals surface area contributed by atoms with Crippen LogP contribution in [0.15, 0.2) is 59.5 Å². The Kier molecular flexibility index (Phi) is 5.65. The summed E-state index contributed by atoms with van der Waals surface area (Å²) in [4.78, 5) is 1.19. The van der Waals surface area contributed by atoms with Crippen LogP contribution >= 0.6 is 11.8 Å². The number of nitrogens with one attached hydrogen (secondary N) is 1. The summed E-state index contributed by atoms with van der Waals surface area (Å²) in [5.74, 6) is 0.668. The third-order valence-electron chi connectivity index (χ3n) is 3.38. The molecule has 0 aromatic heterocycles. The third-order valence-corrected chi connectivity index (χ3v) is 4.45. The molecular formula is C17H21NOS. The quantitative estimate of drug-likeness (QED) is 0.793. The van der Waals surface area contributed by atoms with Crippen LogP contribution in [-0.2, 0) is 0 Å². The Morgan fingerprint density at radius 1 is 1.05 bits per heavy atom. The lowest BCUT2D eigenvalue weighted by atomic mass is 10.1. The lowest BCUT2D eigenvalue weighted by Gasteiger charge is -2.13. The fourth-order valence-electron chi connectivity index (χ4n) is 1.99. The highest BCUT2D eigenvalue weighted by molar-refractivity contribution is 7.99. The average molecular weight is 287 g/mol. The van der Waals surface area contributed by atoms with Crippen molar-refractivity contribution in [3.05, 3.63) is 65.7 Å². The van der Waals surface area contributed by atoms with Crippen molar-refractivity contribution in [3.63, 3.8) is 0 Å². The van der Waals surface area contributed by atoms with E-state index in [1.807, 2.05) is 37.4 Å². The van der Waals surface area contributed by atoms with Crippen molar-refractivity contribution in [1.29, 1.82) is 0 Å². The Labute approximate surface area is 125 Å². The van der Waals surface area contributed by atoms with Gasteiger partial charge in [0.15, 0.2) is 0 Å². The molecule has 0 spiro atoms. The minimum atomic E-state index is -0.424. The molecule has 2 N–H and O–H groups in total. The van der Waals surface area contributed by atoms with E-state index in [1.54, 1.807) is 11.8 Å². The van der Waals surface area contributed by atoms with Crippen molar-refractivity contribution in [2.24, 2.45) is 0 Å². The molecule has 0 saturated carbocycles. The number of hydrogen-bond acceptors (Lipinski definition) is 3. The molecule has 0 bridgehead atoms. The highest BCUT2D eigenvalue weighted by atomic mass is 32.2. The summed E-state index contributed by atoms with van der Waals surface area (Å²) in [6, 6.07) is 18.6. The van der Waals surface area contributed by atoms with Gasteiger partial charge in [0.25, 0.3) is 0 Å². The van der Waals surface area contributed by atoms with Gasteiger partial charge in [0, 0.05) is 16.7 Å². The molecule has 0 aliphatic carbocycles. The standard InChI is InChI=1S/C17H21NOS/c1-13(18-2)15-9-6-10-16(11-15)20-12-17(19)14-7-4-3-5-8-14/h3-11,13,17-19H,12H2,1-2H3. The Balaban J connectivity index is 1.97. The molecule has 2 atom stereocenters. The Morgan fingerprint density at radius 2 is 1.75 bits per heavy atom. The van der Waals surface area contributed by atoms with Gasteiger partial charge in [0.2, 0.25) is 0 Å². The van der Waals surface area contributed by atoms with Crippen LogP contribution in [-0.4, -0.2) is 17.9 Å². The number of rotatable bonds is 6. The lowest BCUT2D eigenvalue weighted by Crippen LogP contribution is -2.12. The van der Waals surface area contributed by atoms with Gasteiger partial charge in [-0.2, -0.15) is 0 Å². The molecule has 0 heterocycles. The predicted molar refractivity (Wildman–Crippen MR) is 86.0 cm³/mol. The van der Waals surface area contributed by atoms with Crippen LogP contribution in [0.25, 0.3) is 0 Å². The van der Waals surface area contributed by atoms with Crippen molar-refractivity contribution >= 4 is 11.8 Å². The van der Waals surface area contributed by atoms with E-state index in [9.17, 15) is 5.11 Å². The summed E-state index contributed by atoms with van der Waals surface area (Å²) < 4.78 is 0. The lowest BCUT2D eigenvalue weighted by molar-refractivity contribution is 0.204. The summed E-state index contributed by atoms with van der Waals surface area (Å²) in [7, 11) is 1.96. The van der Waals surface area contributed by atoms with Gasteiger partial charge in [-0.15, -0.1) is 11.8 Å². The van der Waals surface area contributed by atoms with Crippen LogP contribution < -0.4 is 5.32 Å². The maximum Gasteiger partial charge on any atom is 0.0883 e. The van der Waals surface area contributed by atoms with E-state index >= 15 is 0 Å². The van der Waals surface area contributed by atoms with Crippen molar-refractivity contribution < 1.29 is 5.11 Å². The first kappa shape index (κ1) is 15.1. The first-order valence-corrected chi connectivity index (χ1v) is 7.82.